The second kappa shape index (κ2) is 5.54. The molecule has 1 aromatic rings. The van der Waals surface area contributed by atoms with Gasteiger partial charge < -0.3 is 10.1 Å². The van der Waals surface area contributed by atoms with Gasteiger partial charge in [0.05, 0.1) is 6.61 Å². The minimum atomic E-state index is 0.803. The molecule has 1 saturated carbocycles. The molecule has 2 rings (SSSR count). The van der Waals surface area contributed by atoms with Crippen LogP contribution in [0.2, 0.25) is 0 Å². The van der Waals surface area contributed by atoms with E-state index >= 15 is 0 Å². The van der Waals surface area contributed by atoms with Crippen LogP contribution in [0, 0.1) is 20.8 Å². The van der Waals surface area contributed by atoms with Crippen molar-refractivity contribution in [3.8, 4) is 5.75 Å². The molecule has 94 valence electrons. The third-order valence-corrected chi connectivity index (χ3v) is 3.45. The van der Waals surface area contributed by atoms with Crippen LogP contribution in [0.1, 0.15) is 36.0 Å². The van der Waals surface area contributed by atoms with E-state index in [1.165, 1.54) is 29.5 Å². The molecule has 1 aliphatic carbocycles. The summed E-state index contributed by atoms with van der Waals surface area (Å²) in [5.41, 5.74) is 3.82. The molecule has 0 spiro atoms. The number of hydrogen-bond donors (Lipinski definition) is 1. The average Bonchev–Trinajstić information content (AvgIpc) is 3.11. The fourth-order valence-corrected chi connectivity index (χ4v) is 1.99. The molecule has 2 heteroatoms. The third kappa shape index (κ3) is 3.47. The first-order chi connectivity index (χ1) is 8.18. The van der Waals surface area contributed by atoms with Gasteiger partial charge in [-0.1, -0.05) is 12.1 Å². The molecule has 0 unspecified atom stereocenters. The predicted molar refractivity (Wildman–Crippen MR) is 71.8 cm³/mol. The largest absolute Gasteiger partial charge is 0.493 e. The minimum absolute atomic E-state index is 0.803. The Kier molecular flexibility index (Phi) is 4.06. The lowest BCUT2D eigenvalue weighted by atomic mass is 10.1. The molecular formula is C15H23NO. The fourth-order valence-electron chi connectivity index (χ4n) is 1.99. The van der Waals surface area contributed by atoms with Gasteiger partial charge in [-0.2, -0.15) is 0 Å². The van der Waals surface area contributed by atoms with Crippen LogP contribution in [0.5, 0.6) is 5.75 Å². The second-order valence-corrected chi connectivity index (χ2v) is 5.08. The van der Waals surface area contributed by atoms with E-state index in [4.69, 9.17) is 4.74 Å². The first-order valence-corrected chi connectivity index (χ1v) is 6.61. The zero-order valence-electron chi connectivity index (χ0n) is 11.2. The average molecular weight is 233 g/mol. The maximum Gasteiger partial charge on any atom is 0.125 e. The van der Waals surface area contributed by atoms with Crippen LogP contribution in [-0.2, 0) is 0 Å². The normalized spacial score (nSPS) is 15.0. The van der Waals surface area contributed by atoms with Gasteiger partial charge in [0, 0.05) is 6.04 Å². The van der Waals surface area contributed by atoms with Crippen molar-refractivity contribution >= 4 is 0 Å². The number of aryl methyl sites for hydroxylation is 2. The van der Waals surface area contributed by atoms with Crippen LogP contribution in [0.3, 0.4) is 0 Å². The van der Waals surface area contributed by atoms with Crippen molar-refractivity contribution in [3.63, 3.8) is 0 Å². The van der Waals surface area contributed by atoms with Crippen LogP contribution in [0.4, 0.5) is 0 Å². The quantitative estimate of drug-likeness (QED) is 0.762. The summed E-state index contributed by atoms with van der Waals surface area (Å²) in [5, 5.41) is 3.50. The maximum atomic E-state index is 5.91. The molecular weight excluding hydrogens is 210 g/mol. The Labute approximate surface area is 104 Å². The van der Waals surface area contributed by atoms with Gasteiger partial charge in [-0.15, -0.1) is 0 Å². The molecule has 0 atom stereocenters. The summed E-state index contributed by atoms with van der Waals surface area (Å²) < 4.78 is 5.91. The molecule has 0 saturated heterocycles. The molecule has 2 nitrogen and oxygen atoms in total. The van der Waals surface area contributed by atoms with Gasteiger partial charge in [0.25, 0.3) is 0 Å². The molecule has 0 heterocycles. The van der Waals surface area contributed by atoms with Crippen molar-refractivity contribution in [2.45, 2.75) is 46.1 Å². The van der Waals surface area contributed by atoms with E-state index in [1.54, 1.807) is 0 Å². The Balaban J connectivity index is 1.78. The molecule has 1 fully saturated rings. The van der Waals surface area contributed by atoms with Crippen molar-refractivity contribution in [1.29, 1.82) is 0 Å². The molecule has 0 aliphatic heterocycles. The van der Waals surface area contributed by atoms with Gasteiger partial charge in [0.15, 0.2) is 0 Å². The van der Waals surface area contributed by atoms with Gasteiger partial charge in [-0.25, -0.2) is 0 Å². The van der Waals surface area contributed by atoms with E-state index in [0.29, 0.717) is 0 Å². The van der Waals surface area contributed by atoms with Crippen LogP contribution in [0.15, 0.2) is 12.1 Å². The van der Waals surface area contributed by atoms with Crippen molar-refractivity contribution in [1.82, 2.24) is 5.32 Å². The summed E-state index contributed by atoms with van der Waals surface area (Å²) in [5.74, 6) is 1.08. The van der Waals surface area contributed by atoms with E-state index in [1.807, 2.05) is 0 Å². The van der Waals surface area contributed by atoms with Crippen molar-refractivity contribution in [2.24, 2.45) is 0 Å². The molecule has 0 amide bonds. The van der Waals surface area contributed by atoms with E-state index in [-0.39, 0.29) is 0 Å². The fraction of sp³-hybridized carbons (Fsp3) is 0.600. The monoisotopic (exact) mass is 233 g/mol. The highest BCUT2D eigenvalue weighted by atomic mass is 16.5. The third-order valence-electron chi connectivity index (χ3n) is 3.45. The predicted octanol–water partition coefficient (Wildman–Crippen LogP) is 3.13. The lowest BCUT2D eigenvalue weighted by Gasteiger charge is -2.14. The van der Waals surface area contributed by atoms with Gasteiger partial charge in [-0.05, 0) is 63.3 Å². The van der Waals surface area contributed by atoms with Crippen LogP contribution in [0.25, 0.3) is 0 Å². The summed E-state index contributed by atoms with van der Waals surface area (Å²) in [6, 6.07) is 5.10. The first-order valence-electron chi connectivity index (χ1n) is 6.61. The number of hydrogen-bond acceptors (Lipinski definition) is 2. The summed E-state index contributed by atoms with van der Waals surface area (Å²) >= 11 is 0. The van der Waals surface area contributed by atoms with Crippen LogP contribution >= 0.6 is 0 Å². The molecule has 0 bridgehead atoms. The van der Waals surface area contributed by atoms with E-state index in [2.05, 4.69) is 38.2 Å². The van der Waals surface area contributed by atoms with E-state index in [9.17, 15) is 0 Å². The van der Waals surface area contributed by atoms with E-state index in [0.717, 1.165) is 31.4 Å². The van der Waals surface area contributed by atoms with Gasteiger partial charge >= 0.3 is 0 Å². The number of ether oxygens (including phenoxy) is 1. The molecule has 1 aliphatic rings. The molecule has 1 N–H and O–H groups in total. The van der Waals surface area contributed by atoms with Gasteiger partial charge in [-0.3, -0.25) is 0 Å². The Bertz CT molecular complexity index is 383. The zero-order valence-corrected chi connectivity index (χ0v) is 11.2. The lowest BCUT2D eigenvalue weighted by molar-refractivity contribution is 0.304. The van der Waals surface area contributed by atoms with Crippen molar-refractivity contribution < 1.29 is 4.74 Å². The molecule has 0 aromatic heterocycles. The Morgan fingerprint density at radius 1 is 1.18 bits per heavy atom. The second-order valence-electron chi connectivity index (χ2n) is 5.08. The summed E-state index contributed by atoms with van der Waals surface area (Å²) in [4.78, 5) is 0. The lowest BCUT2D eigenvalue weighted by Crippen LogP contribution is -2.19. The first kappa shape index (κ1) is 12.4. The standard InChI is InChI=1S/C15H23NO/c1-11-5-6-12(2)15(13(11)3)17-10-4-9-16-14-7-8-14/h5-6,14,16H,4,7-10H2,1-3H3. The molecule has 0 radical (unpaired) electrons. The smallest absolute Gasteiger partial charge is 0.125 e. The van der Waals surface area contributed by atoms with Crippen LogP contribution < -0.4 is 10.1 Å². The number of benzene rings is 1. The summed E-state index contributed by atoms with van der Waals surface area (Å²) in [7, 11) is 0. The Morgan fingerprint density at radius 3 is 2.59 bits per heavy atom. The summed E-state index contributed by atoms with van der Waals surface area (Å²) in [6.45, 7) is 8.28. The summed E-state index contributed by atoms with van der Waals surface area (Å²) in [6.07, 6.45) is 3.80. The highest BCUT2D eigenvalue weighted by Gasteiger charge is 2.19. The number of nitrogens with one attached hydrogen (secondary N) is 1. The van der Waals surface area contributed by atoms with Crippen LogP contribution in [-0.4, -0.2) is 19.2 Å². The highest BCUT2D eigenvalue weighted by molar-refractivity contribution is 5.44. The topological polar surface area (TPSA) is 21.3 Å². The van der Waals surface area contributed by atoms with Gasteiger partial charge in [0.2, 0.25) is 0 Å². The SMILES string of the molecule is Cc1ccc(C)c(OCCCNC2CC2)c1C. The zero-order chi connectivity index (χ0) is 12.3. The van der Waals surface area contributed by atoms with Crippen molar-refractivity contribution in [2.75, 3.05) is 13.2 Å². The number of rotatable bonds is 6. The van der Waals surface area contributed by atoms with E-state index < -0.39 is 0 Å². The molecule has 17 heavy (non-hydrogen) atoms. The Hall–Kier alpha value is -1.02. The van der Waals surface area contributed by atoms with Gasteiger partial charge in [0.1, 0.15) is 5.75 Å². The Morgan fingerprint density at radius 2 is 1.88 bits per heavy atom. The minimum Gasteiger partial charge on any atom is -0.493 e. The highest BCUT2D eigenvalue weighted by Crippen LogP contribution is 2.25. The molecule has 1 aromatic carbocycles. The van der Waals surface area contributed by atoms with Crippen molar-refractivity contribution in [3.05, 3.63) is 28.8 Å². The maximum absolute atomic E-state index is 5.91.